The fourth-order valence-electron chi connectivity index (χ4n) is 3.38. The minimum Gasteiger partial charge on any atom is -0.310 e. The Morgan fingerprint density at radius 3 is 2.63 bits per heavy atom. The van der Waals surface area contributed by atoms with Gasteiger partial charge < -0.3 is 10.2 Å². The Balaban J connectivity index is 1.75. The number of hydrogen-bond acceptors (Lipinski definition) is 2. The first-order chi connectivity index (χ1) is 9.24. The molecule has 3 heteroatoms. The van der Waals surface area contributed by atoms with Crippen molar-refractivity contribution in [3.05, 3.63) is 34.3 Å². The van der Waals surface area contributed by atoms with E-state index in [9.17, 15) is 0 Å². The number of rotatable bonds is 2. The van der Waals surface area contributed by atoms with E-state index in [1.807, 2.05) is 0 Å². The lowest BCUT2D eigenvalue weighted by atomic mass is 9.88. The highest BCUT2D eigenvalue weighted by molar-refractivity contribution is 6.31. The molecule has 3 rings (SSSR count). The van der Waals surface area contributed by atoms with E-state index in [4.69, 9.17) is 11.6 Å². The van der Waals surface area contributed by atoms with E-state index in [2.05, 4.69) is 35.5 Å². The third kappa shape index (κ3) is 2.96. The van der Waals surface area contributed by atoms with Crippen LogP contribution in [0.5, 0.6) is 0 Å². The number of likely N-dealkylation sites (tertiary alicyclic amines) is 1. The average molecular weight is 279 g/mol. The van der Waals surface area contributed by atoms with Crippen LogP contribution in [0.3, 0.4) is 0 Å². The van der Waals surface area contributed by atoms with Gasteiger partial charge >= 0.3 is 0 Å². The smallest absolute Gasteiger partial charge is 0.0444 e. The molecular weight excluding hydrogens is 256 g/mol. The molecule has 2 nitrogen and oxygen atoms in total. The second-order valence-corrected chi connectivity index (χ2v) is 6.41. The number of piperidine rings is 1. The standard InChI is InChI=1S/C16H23ClN2/c1-19-9-6-12(7-10-19)14-5-4-13(11-15(14)17)16-3-2-8-18-16/h4-5,11-12,16,18H,2-3,6-10H2,1H3. The van der Waals surface area contributed by atoms with Crippen molar-refractivity contribution in [3.63, 3.8) is 0 Å². The van der Waals surface area contributed by atoms with Crippen LogP contribution in [0.25, 0.3) is 0 Å². The third-order valence-electron chi connectivity index (χ3n) is 4.65. The molecule has 0 bridgehead atoms. The Bertz CT molecular complexity index is 432. The molecule has 2 fully saturated rings. The first-order valence-electron chi connectivity index (χ1n) is 7.45. The van der Waals surface area contributed by atoms with Crippen LogP contribution in [0.2, 0.25) is 5.02 Å². The van der Waals surface area contributed by atoms with Gasteiger partial charge in [-0.3, -0.25) is 0 Å². The van der Waals surface area contributed by atoms with Crippen LogP contribution in [0.1, 0.15) is 48.8 Å². The van der Waals surface area contributed by atoms with Crippen molar-refractivity contribution in [1.29, 1.82) is 0 Å². The normalized spacial score (nSPS) is 25.9. The molecule has 104 valence electrons. The van der Waals surface area contributed by atoms with Crippen LogP contribution in [-0.2, 0) is 0 Å². The van der Waals surface area contributed by atoms with E-state index >= 15 is 0 Å². The Kier molecular flexibility index (Phi) is 4.11. The van der Waals surface area contributed by atoms with Gasteiger partial charge in [-0.1, -0.05) is 23.7 Å². The highest BCUT2D eigenvalue weighted by Gasteiger charge is 2.22. The highest BCUT2D eigenvalue weighted by atomic mass is 35.5. The van der Waals surface area contributed by atoms with E-state index in [0.29, 0.717) is 12.0 Å². The molecule has 0 saturated carbocycles. The van der Waals surface area contributed by atoms with Crippen LogP contribution in [-0.4, -0.2) is 31.6 Å². The van der Waals surface area contributed by atoms with Crippen LogP contribution in [0.15, 0.2) is 18.2 Å². The van der Waals surface area contributed by atoms with Gasteiger partial charge in [0.15, 0.2) is 0 Å². The number of halogens is 1. The van der Waals surface area contributed by atoms with Crippen molar-refractivity contribution in [3.8, 4) is 0 Å². The lowest BCUT2D eigenvalue weighted by molar-refractivity contribution is 0.255. The summed E-state index contributed by atoms with van der Waals surface area (Å²) in [7, 11) is 2.20. The monoisotopic (exact) mass is 278 g/mol. The van der Waals surface area contributed by atoms with E-state index in [1.54, 1.807) is 0 Å². The molecule has 1 N–H and O–H groups in total. The molecule has 0 amide bonds. The Hall–Kier alpha value is -0.570. The van der Waals surface area contributed by atoms with Crippen molar-refractivity contribution in [1.82, 2.24) is 10.2 Å². The van der Waals surface area contributed by atoms with Crippen LogP contribution in [0.4, 0.5) is 0 Å². The van der Waals surface area contributed by atoms with Crippen molar-refractivity contribution >= 4 is 11.6 Å². The number of benzene rings is 1. The SMILES string of the molecule is CN1CCC(c2ccc(C3CCCN3)cc2Cl)CC1. The van der Waals surface area contributed by atoms with E-state index in [1.165, 1.54) is 49.9 Å². The average Bonchev–Trinajstić information content (AvgIpc) is 2.94. The van der Waals surface area contributed by atoms with Crippen molar-refractivity contribution in [2.45, 2.75) is 37.6 Å². The van der Waals surface area contributed by atoms with Crippen LogP contribution in [0, 0.1) is 0 Å². The van der Waals surface area contributed by atoms with Gasteiger partial charge in [-0.15, -0.1) is 0 Å². The summed E-state index contributed by atoms with van der Waals surface area (Å²) in [6, 6.07) is 7.26. The van der Waals surface area contributed by atoms with Crippen molar-refractivity contribution in [2.24, 2.45) is 0 Å². The summed E-state index contributed by atoms with van der Waals surface area (Å²) in [6.07, 6.45) is 4.98. The lowest BCUT2D eigenvalue weighted by Crippen LogP contribution is -2.29. The molecule has 1 unspecified atom stereocenters. The van der Waals surface area contributed by atoms with Crippen molar-refractivity contribution in [2.75, 3.05) is 26.7 Å². The molecule has 2 aliphatic rings. The summed E-state index contributed by atoms with van der Waals surface area (Å²) >= 11 is 6.54. The molecule has 1 atom stereocenters. The molecular formula is C16H23ClN2. The van der Waals surface area contributed by atoms with E-state index < -0.39 is 0 Å². The second kappa shape index (κ2) is 5.82. The van der Waals surface area contributed by atoms with Crippen LogP contribution >= 0.6 is 11.6 Å². The molecule has 2 aliphatic heterocycles. The molecule has 19 heavy (non-hydrogen) atoms. The lowest BCUT2D eigenvalue weighted by Gasteiger charge is -2.30. The molecule has 2 heterocycles. The number of nitrogens with one attached hydrogen (secondary N) is 1. The summed E-state index contributed by atoms with van der Waals surface area (Å²) < 4.78 is 0. The summed E-state index contributed by atoms with van der Waals surface area (Å²) in [5, 5.41) is 4.51. The number of hydrogen-bond donors (Lipinski definition) is 1. The van der Waals surface area contributed by atoms with Gasteiger partial charge in [-0.05, 0) is 75.5 Å². The van der Waals surface area contributed by atoms with Crippen LogP contribution < -0.4 is 5.32 Å². The molecule has 0 aromatic heterocycles. The van der Waals surface area contributed by atoms with E-state index in [0.717, 1.165) is 11.6 Å². The largest absolute Gasteiger partial charge is 0.310 e. The first kappa shape index (κ1) is 13.4. The fraction of sp³-hybridized carbons (Fsp3) is 0.625. The molecule has 2 saturated heterocycles. The first-order valence-corrected chi connectivity index (χ1v) is 7.83. The Morgan fingerprint density at radius 1 is 1.21 bits per heavy atom. The maximum Gasteiger partial charge on any atom is 0.0444 e. The van der Waals surface area contributed by atoms with Gasteiger partial charge in [0, 0.05) is 11.1 Å². The van der Waals surface area contributed by atoms with Gasteiger partial charge in [-0.2, -0.15) is 0 Å². The second-order valence-electron chi connectivity index (χ2n) is 6.01. The predicted molar refractivity (Wildman–Crippen MR) is 80.9 cm³/mol. The maximum absolute atomic E-state index is 6.54. The Morgan fingerprint density at radius 2 is 2.00 bits per heavy atom. The highest BCUT2D eigenvalue weighted by Crippen LogP contribution is 2.35. The van der Waals surface area contributed by atoms with Gasteiger partial charge in [0.05, 0.1) is 0 Å². The zero-order valence-corrected chi connectivity index (χ0v) is 12.4. The zero-order chi connectivity index (χ0) is 13.2. The Labute approximate surface area is 121 Å². The van der Waals surface area contributed by atoms with E-state index in [-0.39, 0.29) is 0 Å². The molecule has 1 aromatic carbocycles. The fourth-order valence-corrected chi connectivity index (χ4v) is 3.72. The van der Waals surface area contributed by atoms with Gasteiger partial charge in [-0.25, -0.2) is 0 Å². The molecule has 1 aromatic rings. The van der Waals surface area contributed by atoms with Crippen molar-refractivity contribution < 1.29 is 0 Å². The third-order valence-corrected chi connectivity index (χ3v) is 4.97. The topological polar surface area (TPSA) is 15.3 Å². The minimum absolute atomic E-state index is 0.518. The molecule has 0 aliphatic carbocycles. The summed E-state index contributed by atoms with van der Waals surface area (Å²) in [5.41, 5.74) is 2.72. The predicted octanol–water partition coefficient (Wildman–Crippen LogP) is 3.57. The molecule has 0 spiro atoms. The zero-order valence-electron chi connectivity index (χ0n) is 11.7. The summed E-state index contributed by atoms with van der Waals surface area (Å²) in [6.45, 7) is 3.51. The van der Waals surface area contributed by atoms with Gasteiger partial charge in [0.2, 0.25) is 0 Å². The summed E-state index contributed by atoms with van der Waals surface area (Å²) in [5.74, 6) is 0.647. The maximum atomic E-state index is 6.54. The quantitative estimate of drug-likeness (QED) is 0.890. The minimum atomic E-state index is 0.518. The van der Waals surface area contributed by atoms with Gasteiger partial charge in [0.25, 0.3) is 0 Å². The summed E-state index contributed by atoms with van der Waals surface area (Å²) in [4.78, 5) is 2.40. The molecule has 0 radical (unpaired) electrons. The number of nitrogens with zero attached hydrogens (tertiary/aromatic N) is 1. The van der Waals surface area contributed by atoms with Gasteiger partial charge in [0.1, 0.15) is 0 Å².